The topological polar surface area (TPSA) is 59.2 Å². The van der Waals surface area contributed by atoms with E-state index in [2.05, 4.69) is 4.98 Å². The van der Waals surface area contributed by atoms with Crippen molar-refractivity contribution < 1.29 is 9.53 Å². The average Bonchev–Trinajstić information content (AvgIpc) is 2.49. The Hall–Kier alpha value is -2.36. The monoisotopic (exact) mass is 271 g/mol. The lowest BCUT2D eigenvalue weighted by Crippen LogP contribution is -2.17. The predicted molar refractivity (Wildman–Crippen MR) is 77.6 cm³/mol. The molecule has 0 aliphatic carbocycles. The normalized spacial score (nSPS) is 10.3. The maximum absolute atomic E-state index is 12.5. The Morgan fingerprint density at radius 2 is 1.90 bits per heavy atom. The molecule has 1 aromatic carbocycles. The molecular weight excluding hydrogens is 254 g/mol. The highest BCUT2D eigenvalue weighted by Crippen LogP contribution is 2.17. The third kappa shape index (κ3) is 2.64. The molecular formula is C16H17NO3. The van der Waals surface area contributed by atoms with Crippen LogP contribution in [0.1, 0.15) is 34.1 Å². The standard InChI is InChI=1S/C16H17NO3/c1-4-14-13(9-10(2)16(19)17-14)15(18)11-5-7-12(20-3)8-6-11/h5-9H,4H2,1-3H3,(H,17,19). The van der Waals surface area contributed by atoms with Crippen LogP contribution in [0.5, 0.6) is 5.75 Å². The fourth-order valence-corrected chi connectivity index (χ4v) is 2.05. The molecule has 1 heterocycles. The number of carbonyl (C=O) groups excluding carboxylic acids is 1. The van der Waals surface area contributed by atoms with Crippen molar-refractivity contribution in [2.45, 2.75) is 20.3 Å². The molecule has 0 fully saturated rings. The number of aromatic amines is 1. The highest BCUT2D eigenvalue weighted by Gasteiger charge is 2.15. The van der Waals surface area contributed by atoms with Crippen LogP contribution >= 0.6 is 0 Å². The summed E-state index contributed by atoms with van der Waals surface area (Å²) >= 11 is 0. The number of nitrogens with one attached hydrogen (secondary N) is 1. The first-order valence-electron chi connectivity index (χ1n) is 6.48. The third-order valence-corrected chi connectivity index (χ3v) is 3.26. The molecule has 0 amide bonds. The van der Waals surface area contributed by atoms with Crippen LogP contribution in [0.2, 0.25) is 0 Å². The van der Waals surface area contributed by atoms with Gasteiger partial charge in [0.25, 0.3) is 5.56 Å². The molecule has 0 bridgehead atoms. The fourth-order valence-electron chi connectivity index (χ4n) is 2.05. The molecule has 0 atom stereocenters. The van der Waals surface area contributed by atoms with Crippen LogP contribution in [-0.2, 0) is 6.42 Å². The summed E-state index contributed by atoms with van der Waals surface area (Å²) in [5, 5.41) is 0. The predicted octanol–water partition coefficient (Wildman–Crippen LogP) is 2.49. The molecule has 0 saturated heterocycles. The summed E-state index contributed by atoms with van der Waals surface area (Å²) in [6, 6.07) is 8.60. The van der Waals surface area contributed by atoms with Crippen molar-refractivity contribution in [3.05, 3.63) is 63.1 Å². The van der Waals surface area contributed by atoms with Crippen LogP contribution in [0.15, 0.2) is 35.1 Å². The first kappa shape index (κ1) is 14.1. The van der Waals surface area contributed by atoms with E-state index in [0.717, 1.165) is 0 Å². The number of hydrogen-bond acceptors (Lipinski definition) is 3. The van der Waals surface area contributed by atoms with Gasteiger partial charge in [0.15, 0.2) is 5.78 Å². The van der Waals surface area contributed by atoms with Crippen LogP contribution in [0.4, 0.5) is 0 Å². The minimum Gasteiger partial charge on any atom is -0.497 e. The maximum Gasteiger partial charge on any atom is 0.251 e. The van der Waals surface area contributed by atoms with Crippen LogP contribution in [-0.4, -0.2) is 17.9 Å². The van der Waals surface area contributed by atoms with Crippen molar-refractivity contribution in [3.63, 3.8) is 0 Å². The van der Waals surface area contributed by atoms with E-state index >= 15 is 0 Å². The molecule has 0 radical (unpaired) electrons. The minimum atomic E-state index is -0.145. The van der Waals surface area contributed by atoms with Crippen molar-refractivity contribution in [3.8, 4) is 5.75 Å². The molecule has 0 aliphatic rings. The molecule has 2 rings (SSSR count). The molecule has 0 unspecified atom stereocenters. The van der Waals surface area contributed by atoms with Gasteiger partial charge in [-0.2, -0.15) is 0 Å². The van der Waals surface area contributed by atoms with Gasteiger partial charge in [-0.1, -0.05) is 6.92 Å². The summed E-state index contributed by atoms with van der Waals surface area (Å²) in [4.78, 5) is 26.9. The first-order valence-corrected chi connectivity index (χ1v) is 6.48. The highest BCUT2D eigenvalue weighted by atomic mass is 16.5. The molecule has 1 N–H and O–H groups in total. The summed E-state index contributed by atoms with van der Waals surface area (Å²) in [6.07, 6.45) is 0.604. The molecule has 4 nitrogen and oxygen atoms in total. The molecule has 20 heavy (non-hydrogen) atoms. The second-order valence-corrected chi connectivity index (χ2v) is 4.58. The number of aryl methyl sites for hydroxylation is 2. The number of aromatic nitrogens is 1. The van der Waals surface area contributed by atoms with Gasteiger partial charge in [-0.15, -0.1) is 0 Å². The number of ether oxygens (including phenoxy) is 1. The Morgan fingerprint density at radius 1 is 1.25 bits per heavy atom. The van der Waals surface area contributed by atoms with Crippen LogP contribution in [0.3, 0.4) is 0 Å². The van der Waals surface area contributed by atoms with Gasteiger partial charge in [0, 0.05) is 22.4 Å². The Labute approximate surface area is 117 Å². The Bertz CT molecular complexity index is 684. The zero-order valence-electron chi connectivity index (χ0n) is 11.8. The highest BCUT2D eigenvalue weighted by molar-refractivity contribution is 6.09. The number of benzene rings is 1. The lowest BCUT2D eigenvalue weighted by molar-refractivity contribution is 0.103. The van der Waals surface area contributed by atoms with E-state index in [9.17, 15) is 9.59 Å². The van der Waals surface area contributed by atoms with Gasteiger partial charge >= 0.3 is 0 Å². The van der Waals surface area contributed by atoms with Gasteiger partial charge in [-0.05, 0) is 43.7 Å². The molecule has 0 spiro atoms. The van der Waals surface area contributed by atoms with Gasteiger partial charge in [-0.25, -0.2) is 0 Å². The number of ketones is 1. The van der Waals surface area contributed by atoms with E-state index in [1.807, 2.05) is 6.92 Å². The average molecular weight is 271 g/mol. The lowest BCUT2D eigenvalue weighted by Gasteiger charge is -2.08. The van der Waals surface area contributed by atoms with E-state index in [-0.39, 0.29) is 11.3 Å². The SMILES string of the molecule is CCc1[nH]c(=O)c(C)cc1C(=O)c1ccc(OC)cc1. The summed E-state index contributed by atoms with van der Waals surface area (Å²) < 4.78 is 5.08. The summed E-state index contributed by atoms with van der Waals surface area (Å²) in [5.74, 6) is 0.610. The minimum absolute atomic E-state index is 0.0937. The number of carbonyl (C=O) groups is 1. The second-order valence-electron chi connectivity index (χ2n) is 4.58. The zero-order chi connectivity index (χ0) is 14.7. The van der Waals surface area contributed by atoms with E-state index < -0.39 is 0 Å². The molecule has 1 aromatic heterocycles. The van der Waals surface area contributed by atoms with Crippen LogP contribution in [0, 0.1) is 6.92 Å². The second kappa shape index (κ2) is 5.74. The van der Waals surface area contributed by atoms with Gasteiger partial charge in [0.05, 0.1) is 7.11 Å². The van der Waals surface area contributed by atoms with Crippen molar-refractivity contribution in [2.75, 3.05) is 7.11 Å². The number of H-pyrrole nitrogens is 1. The quantitative estimate of drug-likeness (QED) is 0.869. The van der Waals surface area contributed by atoms with Crippen molar-refractivity contribution in [2.24, 2.45) is 0 Å². The number of methoxy groups -OCH3 is 1. The Morgan fingerprint density at radius 3 is 2.45 bits per heavy atom. The first-order chi connectivity index (χ1) is 9.56. The summed E-state index contributed by atoms with van der Waals surface area (Å²) in [5.41, 5.74) is 2.19. The zero-order valence-corrected chi connectivity index (χ0v) is 11.8. The lowest BCUT2D eigenvalue weighted by atomic mass is 9.99. The van der Waals surface area contributed by atoms with Crippen molar-refractivity contribution in [1.82, 2.24) is 4.98 Å². The van der Waals surface area contributed by atoms with E-state index in [4.69, 9.17) is 4.74 Å². The van der Waals surface area contributed by atoms with Crippen molar-refractivity contribution >= 4 is 5.78 Å². The smallest absolute Gasteiger partial charge is 0.251 e. The maximum atomic E-state index is 12.5. The Balaban J connectivity index is 2.46. The Kier molecular flexibility index (Phi) is 4.03. The van der Waals surface area contributed by atoms with Crippen LogP contribution in [0.25, 0.3) is 0 Å². The largest absolute Gasteiger partial charge is 0.497 e. The van der Waals surface area contributed by atoms with Crippen LogP contribution < -0.4 is 10.3 Å². The number of rotatable bonds is 4. The van der Waals surface area contributed by atoms with Gasteiger partial charge < -0.3 is 9.72 Å². The third-order valence-electron chi connectivity index (χ3n) is 3.26. The van der Waals surface area contributed by atoms with E-state index in [0.29, 0.717) is 34.6 Å². The van der Waals surface area contributed by atoms with Crippen molar-refractivity contribution in [1.29, 1.82) is 0 Å². The molecule has 0 aliphatic heterocycles. The molecule has 4 heteroatoms. The summed E-state index contributed by atoms with van der Waals surface area (Å²) in [7, 11) is 1.58. The molecule has 0 saturated carbocycles. The summed E-state index contributed by atoms with van der Waals surface area (Å²) in [6.45, 7) is 3.61. The number of hydrogen-bond donors (Lipinski definition) is 1. The molecule has 2 aromatic rings. The van der Waals surface area contributed by atoms with E-state index in [1.165, 1.54) is 0 Å². The molecule has 104 valence electrons. The van der Waals surface area contributed by atoms with E-state index in [1.54, 1.807) is 44.4 Å². The fraction of sp³-hybridized carbons (Fsp3) is 0.250. The van der Waals surface area contributed by atoms with Gasteiger partial charge in [0.1, 0.15) is 5.75 Å². The number of pyridine rings is 1. The van der Waals surface area contributed by atoms with Gasteiger partial charge in [0.2, 0.25) is 0 Å². The van der Waals surface area contributed by atoms with Gasteiger partial charge in [-0.3, -0.25) is 9.59 Å².